The molecule has 1 fully saturated rings. The lowest BCUT2D eigenvalue weighted by Gasteiger charge is -2.23. The molecule has 6 nitrogen and oxygen atoms in total. The molecule has 1 saturated carbocycles. The van der Waals surface area contributed by atoms with Crippen LogP contribution in [0.15, 0.2) is 0 Å². The summed E-state index contributed by atoms with van der Waals surface area (Å²) >= 11 is 0. The number of aliphatic hydroxyl groups excluding tert-OH is 1. The maximum atomic E-state index is 12.8. The monoisotopic (exact) mass is 750 g/mol. The van der Waals surface area contributed by atoms with Crippen molar-refractivity contribution in [1.82, 2.24) is 4.90 Å². The Hall–Kier alpha value is -1.14. The highest BCUT2D eigenvalue weighted by atomic mass is 16.5. The molecule has 6 heteroatoms. The van der Waals surface area contributed by atoms with E-state index in [9.17, 15) is 14.7 Å². The summed E-state index contributed by atoms with van der Waals surface area (Å²) in [4.78, 5) is 27.5. The van der Waals surface area contributed by atoms with Crippen molar-refractivity contribution in [3.8, 4) is 0 Å². The summed E-state index contributed by atoms with van der Waals surface area (Å²) in [6.45, 7) is 11.6. The standard InChI is InChI=1S/C47H91NO5/c1-4-7-10-13-14-20-29-42-52-45(50)32-23-18-15-19-25-38-48(40-27-28-41-49)39-26-24-34-47(36-37-47)35-33-46(51)53-43-44(30-21-16-11-8-5-2)31-22-17-12-9-6-3/h44,49H,4-43H2,1-3H3. The summed E-state index contributed by atoms with van der Waals surface area (Å²) in [5.41, 5.74) is 0.388. The van der Waals surface area contributed by atoms with E-state index in [1.54, 1.807) is 0 Å². The number of nitrogens with zero attached hydrogens (tertiary/aromatic N) is 1. The van der Waals surface area contributed by atoms with E-state index < -0.39 is 0 Å². The number of carbonyl (C=O) groups is 2. The van der Waals surface area contributed by atoms with E-state index in [1.807, 2.05) is 0 Å². The largest absolute Gasteiger partial charge is 0.466 e. The van der Waals surface area contributed by atoms with Crippen molar-refractivity contribution < 1.29 is 24.2 Å². The van der Waals surface area contributed by atoms with E-state index in [4.69, 9.17) is 9.47 Å². The highest BCUT2D eigenvalue weighted by Gasteiger charge is 2.41. The molecular formula is C47H91NO5. The maximum Gasteiger partial charge on any atom is 0.305 e. The summed E-state index contributed by atoms with van der Waals surface area (Å²) in [6.07, 6.45) is 40.2. The zero-order chi connectivity index (χ0) is 38.5. The topological polar surface area (TPSA) is 76.1 Å². The number of hydrogen-bond acceptors (Lipinski definition) is 6. The molecule has 314 valence electrons. The number of unbranched alkanes of at least 4 members (excludes halogenated alkanes) is 20. The van der Waals surface area contributed by atoms with Gasteiger partial charge in [-0.15, -0.1) is 0 Å². The number of carbonyl (C=O) groups excluding carboxylic acids is 2. The fourth-order valence-corrected chi connectivity index (χ4v) is 7.91. The highest BCUT2D eigenvalue weighted by molar-refractivity contribution is 5.69. The normalized spacial score (nSPS) is 13.6. The summed E-state index contributed by atoms with van der Waals surface area (Å²) in [5.74, 6) is 0.555. The first-order valence-electron chi connectivity index (χ1n) is 23.6. The molecular weight excluding hydrogens is 659 g/mol. The number of hydrogen-bond donors (Lipinski definition) is 1. The van der Waals surface area contributed by atoms with Crippen molar-refractivity contribution >= 4 is 11.9 Å². The van der Waals surface area contributed by atoms with Crippen LogP contribution in [0.5, 0.6) is 0 Å². The lowest BCUT2D eigenvalue weighted by atomic mass is 9.93. The Morgan fingerprint density at radius 3 is 1.57 bits per heavy atom. The van der Waals surface area contributed by atoms with Gasteiger partial charge in [-0.05, 0) is 108 Å². The molecule has 0 bridgehead atoms. The van der Waals surface area contributed by atoms with Crippen LogP contribution < -0.4 is 0 Å². The zero-order valence-corrected chi connectivity index (χ0v) is 35.9. The first kappa shape index (κ1) is 49.9. The van der Waals surface area contributed by atoms with Crippen LogP contribution in [0.2, 0.25) is 0 Å². The molecule has 0 radical (unpaired) electrons. The third kappa shape index (κ3) is 31.7. The van der Waals surface area contributed by atoms with Crippen molar-refractivity contribution in [3.05, 3.63) is 0 Å². The van der Waals surface area contributed by atoms with Gasteiger partial charge in [0.05, 0.1) is 13.2 Å². The van der Waals surface area contributed by atoms with Crippen LogP contribution in [0.3, 0.4) is 0 Å². The zero-order valence-electron chi connectivity index (χ0n) is 35.9. The summed E-state index contributed by atoms with van der Waals surface area (Å²) in [5, 5.41) is 9.32. The van der Waals surface area contributed by atoms with E-state index in [0.717, 1.165) is 58.2 Å². The van der Waals surface area contributed by atoms with Crippen LogP contribution in [0.25, 0.3) is 0 Å². The molecule has 0 aliphatic heterocycles. The van der Waals surface area contributed by atoms with Crippen molar-refractivity contribution in [2.24, 2.45) is 11.3 Å². The quantitative estimate of drug-likeness (QED) is 0.0495. The van der Waals surface area contributed by atoms with Gasteiger partial charge in [0.1, 0.15) is 0 Å². The van der Waals surface area contributed by atoms with Crippen molar-refractivity contribution in [3.63, 3.8) is 0 Å². The molecule has 0 aromatic rings. The number of esters is 2. The van der Waals surface area contributed by atoms with E-state index in [2.05, 4.69) is 25.7 Å². The minimum atomic E-state index is -0.0188. The van der Waals surface area contributed by atoms with Crippen LogP contribution in [0, 0.1) is 11.3 Å². The van der Waals surface area contributed by atoms with Crippen molar-refractivity contribution in [1.29, 1.82) is 0 Å². The fourth-order valence-electron chi connectivity index (χ4n) is 7.91. The maximum absolute atomic E-state index is 12.8. The molecule has 53 heavy (non-hydrogen) atoms. The smallest absolute Gasteiger partial charge is 0.305 e. The van der Waals surface area contributed by atoms with Gasteiger partial charge < -0.3 is 19.5 Å². The van der Waals surface area contributed by atoms with Gasteiger partial charge >= 0.3 is 11.9 Å². The Bertz CT molecular complexity index is 801. The molecule has 0 atom stereocenters. The van der Waals surface area contributed by atoms with Gasteiger partial charge in [-0.1, -0.05) is 149 Å². The van der Waals surface area contributed by atoms with Crippen molar-refractivity contribution in [2.75, 3.05) is 39.5 Å². The van der Waals surface area contributed by atoms with Gasteiger partial charge in [-0.25, -0.2) is 0 Å². The Balaban J connectivity index is 2.22. The molecule has 0 saturated heterocycles. The fraction of sp³-hybridized carbons (Fsp3) is 0.957. The Morgan fingerprint density at radius 1 is 0.528 bits per heavy atom. The molecule has 1 rings (SSSR count). The number of rotatable bonds is 42. The minimum Gasteiger partial charge on any atom is -0.466 e. The van der Waals surface area contributed by atoms with Crippen LogP contribution in [-0.2, 0) is 19.1 Å². The first-order chi connectivity index (χ1) is 26.0. The molecule has 1 N–H and O–H groups in total. The molecule has 0 amide bonds. The van der Waals surface area contributed by atoms with Gasteiger partial charge in [0.2, 0.25) is 0 Å². The SMILES string of the molecule is CCCCCCCCCOC(=O)CCCCCCCN(CCCCO)CCCCC1(CCC(=O)OCC(CCCCCCC)CCCCCCC)CC1. The Kier molecular flexibility index (Phi) is 34.3. The second kappa shape index (κ2) is 36.5. The molecule has 0 unspecified atom stereocenters. The minimum absolute atomic E-state index is 0.0188. The summed E-state index contributed by atoms with van der Waals surface area (Å²) in [6, 6.07) is 0. The van der Waals surface area contributed by atoms with Gasteiger partial charge in [0.15, 0.2) is 0 Å². The average molecular weight is 750 g/mol. The predicted molar refractivity (Wildman–Crippen MR) is 225 cm³/mol. The second-order valence-corrected chi connectivity index (χ2v) is 17.0. The molecule has 0 aromatic carbocycles. The van der Waals surface area contributed by atoms with Gasteiger partial charge in [-0.3, -0.25) is 9.59 Å². The number of ether oxygens (including phenoxy) is 2. The van der Waals surface area contributed by atoms with Crippen LogP contribution in [0.4, 0.5) is 0 Å². The third-order valence-electron chi connectivity index (χ3n) is 11.9. The highest BCUT2D eigenvalue weighted by Crippen LogP contribution is 2.53. The van der Waals surface area contributed by atoms with E-state index >= 15 is 0 Å². The Labute approximate surface area is 330 Å². The Morgan fingerprint density at radius 2 is 1.00 bits per heavy atom. The van der Waals surface area contributed by atoms with E-state index in [-0.39, 0.29) is 18.5 Å². The van der Waals surface area contributed by atoms with Gasteiger partial charge in [0, 0.05) is 19.4 Å². The van der Waals surface area contributed by atoms with Crippen LogP contribution in [0.1, 0.15) is 239 Å². The van der Waals surface area contributed by atoms with Crippen LogP contribution in [-0.4, -0.2) is 61.4 Å². The van der Waals surface area contributed by atoms with Gasteiger partial charge in [-0.2, -0.15) is 0 Å². The second-order valence-electron chi connectivity index (χ2n) is 17.0. The first-order valence-corrected chi connectivity index (χ1v) is 23.6. The summed E-state index contributed by atoms with van der Waals surface area (Å²) in [7, 11) is 0. The van der Waals surface area contributed by atoms with E-state index in [1.165, 1.54) is 167 Å². The molecule has 1 aliphatic carbocycles. The van der Waals surface area contributed by atoms with Gasteiger partial charge in [0.25, 0.3) is 0 Å². The number of aliphatic hydroxyl groups is 1. The molecule has 0 aromatic heterocycles. The molecule has 0 spiro atoms. The average Bonchev–Trinajstić information content (AvgIpc) is 3.94. The third-order valence-corrected chi connectivity index (χ3v) is 11.9. The lowest BCUT2D eigenvalue weighted by Crippen LogP contribution is -2.27. The molecule has 0 heterocycles. The van der Waals surface area contributed by atoms with E-state index in [0.29, 0.717) is 37.4 Å². The van der Waals surface area contributed by atoms with Crippen molar-refractivity contribution in [2.45, 2.75) is 239 Å². The lowest BCUT2D eigenvalue weighted by molar-refractivity contribution is -0.146. The summed E-state index contributed by atoms with van der Waals surface area (Å²) < 4.78 is 11.4. The molecule has 1 aliphatic rings. The predicted octanol–water partition coefficient (Wildman–Crippen LogP) is 13.3. The van der Waals surface area contributed by atoms with Crippen LogP contribution >= 0.6 is 0 Å².